The standard InChI is InChI=1S/C22H24Cl2N2O.HI/c1-26(13-3-2-4-14-26)16-18-5-9-19(10-6-18)25-22(27)12-8-17-7-11-20(23)21(24)15-17;/h5-12,15H,2-4,13-14,16H2,1H3;1H. The van der Waals surface area contributed by atoms with Gasteiger partial charge < -0.3 is 33.8 Å². The van der Waals surface area contributed by atoms with E-state index in [4.69, 9.17) is 23.2 Å². The molecule has 2 aromatic carbocycles. The fourth-order valence-electron chi connectivity index (χ4n) is 3.54. The van der Waals surface area contributed by atoms with Crippen LogP contribution in [0.15, 0.2) is 48.5 Å². The van der Waals surface area contributed by atoms with Gasteiger partial charge in [-0.3, -0.25) is 4.79 Å². The summed E-state index contributed by atoms with van der Waals surface area (Å²) in [7, 11) is 2.34. The summed E-state index contributed by atoms with van der Waals surface area (Å²) in [6.45, 7) is 3.54. The number of amides is 1. The van der Waals surface area contributed by atoms with Crippen LogP contribution in [0.2, 0.25) is 10.0 Å². The molecule has 3 rings (SSSR count). The van der Waals surface area contributed by atoms with Crippen LogP contribution in [0, 0.1) is 0 Å². The number of piperidine rings is 1. The molecule has 0 radical (unpaired) electrons. The fraction of sp³-hybridized carbons (Fsp3) is 0.318. The summed E-state index contributed by atoms with van der Waals surface area (Å²) in [5, 5.41) is 3.86. The van der Waals surface area contributed by atoms with Gasteiger partial charge in [-0.2, -0.15) is 0 Å². The zero-order valence-electron chi connectivity index (χ0n) is 15.9. The molecular formula is C22H25Cl2IN2O. The van der Waals surface area contributed by atoms with Crippen molar-refractivity contribution in [3.8, 4) is 0 Å². The lowest BCUT2D eigenvalue weighted by Gasteiger charge is -2.37. The van der Waals surface area contributed by atoms with Crippen molar-refractivity contribution in [2.45, 2.75) is 25.8 Å². The molecule has 0 atom stereocenters. The second kappa shape index (κ2) is 10.6. The van der Waals surface area contributed by atoms with E-state index in [9.17, 15) is 4.79 Å². The number of hydrogen-bond donors (Lipinski definition) is 1. The first kappa shape index (κ1) is 23.2. The molecule has 28 heavy (non-hydrogen) atoms. The average molecular weight is 531 g/mol. The Morgan fingerprint density at radius 1 is 1.04 bits per heavy atom. The van der Waals surface area contributed by atoms with Gasteiger partial charge >= 0.3 is 0 Å². The second-order valence-corrected chi connectivity index (χ2v) is 8.29. The van der Waals surface area contributed by atoms with E-state index in [1.165, 1.54) is 44.0 Å². The largest absolute Gasteiger partial charge is 1.00 e. The molecule has 0 aromatic heterocycles. The predicted molar refractivity (Wildman–Crippen MR) is 114 cm³/mol. The van der Waals surface area contributed by atoms with Gasteiger partial charge in [0.05, 0.1) is 30.2 Å². The van der Waals surface area contributed by atoms with E-state index in [1.54, 1.807) is 18.2 Å². The molecule has 6 heteroatoms. The van der Waals surface area contributed by atoms with E-state index in [0.29, 0.717) is 10.0 Å². The maximum absolute atomic E-state index is 12.1. The van der Waals surface area contributed by atoms with Crippen LogP contribution < -0.4 is 29.3 Å². The lowest BCUT2D eigenvalue weighted by atomic mass is 10.1. The molecule has 0 bridgehead atoms. The summed E-state index contributed by atoms with van der Waals surface area (Å²) in [5.74, 6) is -0.177. The highest BCUT2D eigenvalue weighted by atomic mass is 127. The van der Waals surface area contributed by atoms with E-state index in [0.717, 1.165) is 22.3 Å². The lowest BCUT2D eigenvalue weighted by molar-refractivity contribution is -0.926. The number of rotatable bonds is 5. The smallest absolute Gasteiger partial charge is 0.248 e. The van der Waals surface area contributed by atoms with Crippen molar-refractivity contribution in [3.05, 3.63) is 69.7 Å². The molecule has 0 saturated carbocycles. The van der Waals surface area contributed by atoms with Crippen LogP contribution in [0.25, 0.3) is 6.08 Å². The first-order chi connectivity index (χ1) is 12.9. The van der Waals surface area contributed by atoms with E-state index < -0.39 is 0 Å². The third-order valence-corrected chi connectivity index (χ3v) is 5.79. The Bertz CT molecular complexity index is 831. The fourth-order valence-corrected chi connectivity index (χ4v) is 3.85. The molecule has 150 valence electrons. The minimum Gasteiger partial charge on any atom is -1.00 e. The summed E-state index contributed by atoms with van der Waals surface area (Å²) in [4.78, 5) is 12.1. The van der Waals surface area contributed by atoms with Crippen LogP contribution in [0.4, 0.5) is 5.69 Å². The number of benzene rings is 2. The van der Waals surface area contributed by atoms with Crippen molar-refractivity contribution < 1.29 is 33.3 Å². The highest BCUT2D eigenvalue weighted by Gasteiger charge is 2.24. The summed E-state index contributed by atoms with van der Waals surface area (Å²) >= 11 is 11.9. The van der Waals surface area contributed by atoms with E-state index in [-0.39, 0.29) is 29.9 Å². The summed E-state index contributed by atoms with van der Waals surface area (Å²) in [5.41, 5.74) is 2.93. The second-order valence-electron chi connectivity index (χ2n) is 7.48. The molecule has 1 aliphatic rings. The zero-order chi connectivity index (χ0) is 19.3. The van der Waals surface area contributed by atoms with Crippen LogP contribution in [-0.2, 0) is 11.3 Å². The molecule has 0 unspecified atom stereocenters. The van der Waals surface area contributed by atoms with Gasteiger partial charge in [-0.1, -0.05) is 41.4 Å². The van der Waals surface area contributed by atoms with Crippen LogP contribution in [0.5, 0.6) is 0 Å². The number of hydrogen-bond acceptors (Lipinski definition) is 1. The van der Waals surface area contributed by atoms with Crippen LogP contribution in [0.1, 0.15) is 30.4 Å². The number of halogens is 3. The van der Waals surface area contributed by atoms with E-state index in [2.05, 4.69) is 24.5 Å². The highest BCUT2D eigenvalue weighted by molar-refractivity contribution is 6.42. The summed E-state index contributed by atoms with van der Waals surface area (Å²) < 4.78 is 1.11. The van der Waals surface area contributed by atoms with Gasteiger partial charge in [0.15, 0.2) is 0 Å². The summed E-state index contributed by atoms with van der Waals surface area (Å²) in [6.07, 6.45) is 7.20. The Labute approximate surface area is 194 Å². The number of carbonyl (C=O) groups is 1. The van der Waals surface area contributed by atoms with Crippen LogP contribution >= 0.6 is 23.2 Å². The van der Waals surface area contributed by atoms with Crippen molar-refractivity contribution >= 4 is 40.9 Å². The summed E-state index contributed by atoms with van der Waals surface area (Å²) in [6, 6.07) is 13.4. The Morgan fingerprint density at radius 3 is 2.36 bits per heavy atom. The Morgan fingerprint density at radius 2 is 1.71 bits per heavy atom. The average Bonchev–Trinajstić information content (AvgIpc) is 2.65. The van der Waals surface area contributed by atoms with Crippen molar-refractivity contribution in [1.29, 1.82) is 0 Å². The molecule has 0 aliphatic carbocycles. The molecule has 1 heterocycles. The van der Waals surface area contributed by atoms with Crippen molar-refractivity contribution in [2.24, 2.45) is 0 Å². The molecule has 1 saturated heterocycles. The van der Waals surface area contributed by atoms with E-state index >= 15 is 0 Å². The SMILES string of the molecule is C[N+]1(Cc2ccc(NC(=O)C=Cc3ccc(Cl)c(Cl)c3)cc2)CCCCC1.[I-]. The molecule has 1 N–H and O–H groups in total. The minimum absolute atomic E-state index is 0. The molecular weight excluding hydrogens is 506 g/mol. The van der Waals surface area contributed by atoms with Gasteiger partial charge in [-0.05, 0) is 55.2 Å². The third-order valence-electron chi connectivity index (χ3n) is 5.05. The number of nitrogens with one attached hydrogen (secondary N) is 1. The third kappa shape index (κ3) is 6.76. The maximum Gasteiger partial charge on any atom is 0.248 e. The topological polar surface area (TPSA) is 29.1 Å². The molecule has 1 aliphatic heterocycles. The van der Waals surface area contributed by atoms with Crippen LogP contribution in [0.3, 0.4) is 0 Å². The Hall–Kier alpha value is -1.08. The van der Waals surface area contributed by atoms with Gasteiger partial charge in [-0.25, -0.2) is 0 Å². The normalized spacial score (nSPS) is 15.8. The van der Waals surface area contributed by atoms with Crippen molar-refractivity contribution in [2.75, 3.05) is 25.5 Å². The highest BCUT2D eigenvalue weighted by Crippen LogP contribution is 2.23. The van der Waals surface area contributed by atoms with Gasteiger partial charge in [0.2, 0.25) is 5.91 Å². The first-order valence-electron chi connectivity index (χ1n) is 9.30. The molecule has 1 fully saturated rings. The number of carbonyl (C=O) groups excluding carboxylic acids is 1. The van der Waals surface area contributed by atoms with Gasteiger partial charge in [-0.15, -0.1) is 0 Å². The number of quaternary nitrogens is 1. The lowest BCUT2D eigenvalue weighted by Crippen LogP contribution is -3.00. The number of nitrogens with zero attached hydrogens (tertiary/aromatic N) is 1. The Kier molecular flexibility index (Phi) is 8.81. The molecule has 2 aromatic rings. The van der Waals surface area contributed by atoms with Crippen molar-refractivity contribution in [1.82, 2.24) is 0 Å². The molecule has 0 spiro atoms. The predicted octanol–water partition coefficient (Wildman–Crippen LogP) is 2.78. The van der Waals surface area contributed by atoms with Gasteiger partial charge in [0, 0.05) is 17.3 Å². The molecule has 3 nitrogen and oxygen atoms in total. The number of anilines is 1. The van der Waals surface area contributed by atoms with Gasteiger partial charge in [0.25, 0.3) is 0 Å². The van der Waals surface area contributed by atoms with Crippen LogP contribution in [-0.4, -0.2) is 30.5 Å². The minimum atomic E-state index is -0.177. The number of likely N-dealkylation sites (tertiary alicyclic amines) is 1. The first-order valence-corrected chi connectivity index (χ1v) is 10.1. The maximum atomic E-state index is 12.1. The van der Waals surface area contributed by atoms with Gasteiger partial charge in [0.1, 0.15) is 6.54 Å². The quantitative estimate of drug-likeness (QED) is 0.359. The Balaban J connectivity index is 0.00000280. The monoisotopic (exact) mass is 530 g/mol. The molecule has 1 amide bonds. The van der Waals surface area contributed by atoms with E-state index in [1.807, 2.05) is 18.2 Å². The zero-order valence-corrected chi connectivity index (χ0v) is 19.6. The van der Waals surface area contributed by atoms with Crippen molar-refractivity contribution in [3.63, 3.8) is 0 Å².